The number of pyridine rings is 1. The molecule has 2 aliphatic carbocycles. The van der Waals surface area contributed by atoms with Gasteiger partial charge in [0.1, 0.15) is 0 Å². The molecule has 3 heterocycles. The smallest absolute Gasteiger partial charge is 0.417 e. The Labute approximate surface area is 323 Å². The number of nitrogens with one attached hydrogen (secondary N) is 1. The van der Waals surface area contributed by atoms with Crippen LogP contribution in [0.2, 0.25) is 10.0 Å². The molecule has 8 rings (SSSR count). The summed E-state index contributed by atoms with van der Waals surface area (Å²) in [5.74, 6) is -11.0. The van der Waals surface area contributed by atoms with Crippen LogP contribution in [-0.4, -0.2) is 43.7 Å². The van der Waals surface area contributed by atoms with Crippen LogP contribution >= 0.6 is 23.2 Å². The molecule has 0 radical (unpaired) electrons. The number of hydrogen-bond acceptors (Lipinski definition) is 9. The highest BCUT2D eigenvalue weighted by Gasteiger charge is 2.70. The highest BCUT2D eigenvalue weighted by Crippen LogP contribution is 2.64. The summed E-state index contributed by atoms with van der Waals surface area (Å²) in [7, 11) is 0. The zero-order valence-electron chi connectivity index (χ0n) is 28.3. The number of fused-ring (bicyclic) bond motifs is 4. The molecular weight excluding hydrogens is 785 g/mol. The average molecular weight is 811 g/mol. The topological polar surface area (TPSA) is 163 Å². The Balaban J connectivity index is 1.30. The van der Waals surface area contributed by atoms with Crippen molar-refractivity contribution in [3.05, 3.63) is 133 Å². The number of phenols is 1. The summed E-state index contributed by atoms with van der Waals surface area (Å²) in [6.07, 6.45) is -2.90. The van der Waals surface area contributed by atoms with E-state index in [1.807, 2.05) is 0 Å². The third kappa shape index (κ3) is 5.52. The lowest BCUT2D eigenvalue weighted by Gasteiger charge is -2.50. The second-order valence-corrected chi connectivity index (χ2v) is 14.8. The van der Waals surface area contributed by atoms with Crippen molar-refractivity contribution in [1.29, 1.82) is 0 Å². The van der Waals surface area contributed by atoms with Crippen LogP contribution in [0.4, 0.5) is 34.8 Å². The number of carbonyl (C=O) groups is 4. The molecule has 0 bridgehead atoms. The fourth-order valence-corrected chi connectivity index (χ4v) is 9.20. The summed E-state index contributed by atoms with van der Waals surface area (Å²) < 4.78 is 55.7. The number of rotatable bonds is 6. The minimum absolute atomic E-state index is 0.0277. The highest BCUT2D eigenvalue weighted by molar-refractivity contribution is 6.33. The number of hydrazine groups is 1. The van der Waals surface area contributed by atoms with E-state index in [1.165, 1.54) is 48.5 Å². The van der Waals surface area contributed by atoms with Crippen molar-refractivity contribution in [2.24, 2.45) is 23.7 Å². The molecule has 4 aliphatic rings. The van der Waals surface area contributed by atoms with Crippen molar-refractivity contribution in [3.8, 4) is 5.75 Å². The first kappa shape index (κ1) is 37.1. The maximum atomic E-state index is 15.3. The molecule has 18 heteroatoms. The first-order chi connectivity index (χ1) is 26.5. The third-order valence-corrected chi connectivity index (χ3v) is 11.7. The Bertz CT molecular complexity index is 2430. The lowest BCUT2D eigenvalue weighted by atomic mass is 9.49. The largest absolute Gasteiger partial charge is 0.505 e. The van der Waals surface area contributed by atoms with Crippen LogP contribution in [-0.2, 0) is 30.8 Å². The second-order valence-electron chi connectivity index (χ2n) is 13.9. The molecule has 3 fully saturated rings. The Morgan fingerprint density at radius 2 is 1.68 bits per heavy atom. The van der Waals surface area contributed by atoms with E-state index in [9.17, 15) is 42.8 Å². The fourth-order valence-electron chi connectivity index (χ4n) is 8.86. The number of alkyl halides is 3. The van der Waals surface area contributed by atoms with Gasteiger partial charge in [-0.15, -0.1) is 0 Å². The van der Waals surface area contributed by atoms with Crippen molar-refractivity contribution in [2.45, 2.75) is 30.4 Å². The summed E-state index contributed by atoms with van der Waals surface area (Å²) in [4.78, 5) is 73.8. The lowest BCUT2D eigenvalue weighted by molar-refractivity contribution is -0.384. The highest BCUT2D eigenvalue weighted by atomic mass is 35.5. The van der Waals surface area contributed by atoms with Gasteiger partial charge >= 0.3 is 6.18 Å². The van der Waals surface area contributed by atoms with Crippen molar-refractivity contribution < 1.29 is 46.8 Å². The van der Waals surface area contributed by atoms with Gasteiger partial charge in [0.05, 0.1) is 44.4 Å². The number of hydrogen-bond donors (Lipinski definition) is 2. The maximum absolute atomic E-state index is 15.3. The monoisotopic (exact) mass is 809 g/mol. The molecule has 2 saturated heterocycles. The molecular formula is C38H25Cl2F4N5O7. The van der Waals surface area contributed by atoms with Crippen LogP contribution in [0.15, 0.2) is 90.6 Å². The van der Waals surface area contributed by atoms with E-state index in [-0.39, 0.29) is 40.4 Å². The van der Waals surface area contributed by atoms with Crippen LogP contribution < -0.4 is 10.3 Å². The Hall–Kier alpha value is -5.87. The van der Waals surface area contributed by atoms with Gasteiger partial charge in [0, 0.05) is 29.3 Å². The number of anilines is 2. The summed E-state index contributed by atoms with van der Waals surface area (Å²) in [5, 5.41) is 22.0. The molecule has 0 spiro atoms. The van der Waals surface area contributed by atoms with Gasteiger partial charge in [-0.2, -0.15) is 18.2 Å². The molecule has 4 amide bonds. The molecule has 6 unspecified atom stereocenters. The Morgan fingerprint density at radius 1 is 0.946 bits per heavy atom. The zero-order valence-corrected chi connectivity index (χ0v) is 29.8. The predicted octanol–water partition coefficient (Wildman–Crippen LogP) is 7.35. The summed E-state index contributed by atoms with van der Waals surface area (Å²) in [5.41, 5.74) is -0.222. The van der Waals surface area contributed by atoms with Gasteiger partial charge < -0.3 is 5.11 Å². The van der Waals surface area contributed by atoms with Gasteiger partial charge in [0.2, 0.25) is 11.8 Å². The lowest BCUT2D eigenvalue weighted by Crippen LogP contribution is -2.53. The summed E-state index contributed by atoms with van der Waals surface area (Å²) >= 11 is 12.5. The van der Waals surface area contributed by atoms with Crippen molar-refractivity contribution in [1.82, 2.24) is 9.99 Å². The molecule has 1 saturated carbocycles. The minimum atomic E-state index is -4.81. The fraction of sp³-hybridized carbons (Fsp3) is 0.237. The number of benzene rings is 3. The first-order valence-corrected chi connectivity index (χ1v) is 17.7. The number of carbonyl (C=O) groups excluding carboxylic acids is 4. The molecule has 286 valence electrons. The Kier molecular flexibility index (Phi) is 8.69. The number of aromatic nitrogens is 1. The number of allylic oxidation sites excluding steroid dienone is 2. The number of non-ortho nitro benzene ring substituents is 1. The van der Waals surface area contributed by atoms with Crippen molar-refractivity contribution in [3.63, 3.8) is 0 Å². The van der Waals surface area contributed by atoms with Crippen LogP contribution in [0.5, 0.6) is 5.75 Å². The first-order valence-electron chi connectivity index (χ1n) is 17.0. The van der Waals surface area contributed by atoms with Crippen LogP contribution in [0.3, 0.4) is 0 Å². The van der Waals surface area contributed by atoms with E-state index in [0.29, 0.717) is 22.8 Å². The number of phenolic OH excluding ortho intramolecular Hbond substituents is 1. The SMILES string of the molecule is O=C1C2CC3C(=CCC4C(=O)N(c5cccc([N+](=O)[O-])c5)C(=O)C43)C(c3ccc(O)c(F)c3)C2(c2ccc(Cl)cc2)C(=O)N1Nc1ncc(C(F)(F)F)cc1Cl. The third-order valence-electron chi connectivity index (χ3n) is 11.2. The molecule has 2 aliphatic heterocycles. The van der Waals surface area contributed by atoms with Gasteiger partial charge in [-0.25, -0.2) is 14.3 Å². The van der Waals surface area contributed by atoms with E-state index in [0.717, 1.165) is 23.1 Å². The predicted molar refractivity (Wildman–Crippen MR) is 191 cm³/mol. The quantitative estimate of drug-likeness (QED) is 0.0667. The Morgan fingerprint density at radius 3 is 2.34 bits per heavy atom. The second kappa shape index (κ2) is 13.1. The number of aromatic hydroxyl groups is 1. The minimum Gasteiger partial charge on any atom is -0.505 e. The van der Waals surface area contributed by atoms with Crippen molar-refractivity contribution in [2.75, 3.05) is 10.3 Å². The molecule has 12 nitrogen and oxygen atoms in total. The normalized spacial score (nSPS) is 25.8. The van der Waals surface area contributed by atoms with Gasteiger partial charge in [-0.05, 0) is 66.3 Å². The molecule has 2 N–H and O–H groups in total. The number of imide groups is 2. The van der Waals surface area contributed by atoms with E-state index in [2.05, 4.69) is 10.4 Å². The number of nitro groups is 1. The molecule has 56 heavy (non-hydrogen) atoms. The van der Waals surface area contributed by atoms with Gasteiger partial charge in [0.15, 0.2) is 17.4 Å². The molecule has 1 aromatic heterocycles. The van der Waals surface area contributed by atoms with E-state index in [4.69, 9.17) is 23.2 Å². The molecule has 4 aromatic rings. The van der Waals surface area contributed by atoms with Crippen LogP contribution in [0.1, 0.15) is 35.4 Å². The average Bonchev–Trinajstić information content (AvgIpc) is 3.54. The van der Waals surface area contributed by atoms with Crippen molar-refractivity contribution >= 4 is 64.0 Å². The number of halogens is 6. The number of nitrogens with zero attached hydrogens (tertiary/aromatic N) is 4. The summed E-state index contributed by atoms with van der Waals surface area (Å²) in [6.45, 7) is 0. The maximum Gasteiger partial charge on any atom is 0.417 e. The van der Waals surface area contributed by atoms with Gasteiger partial charge in [0.25, 0.3) is 17.5 Å². The van der Waals surface area contributed by atoms with Gasteiger partial charge in [-0.3, -0.25) is 34.7 Å². The number of nitro benzene ring substituents is 1. The van der Waals surface area contributed by atoms with E-state index >= 15 is 9.18 Å². The van der Waals surface area contributed by atoms with E-state index < -0.39 is 97.7 Å². The summed E-state index contributed by atoms with van der Waals surface area (Å²) in [6, 6.07) is 15.0. The molecule has 6 atom stereocenters. The van der Waals surface area contributed by atoms with Gasteiger partial charge in [-0.1, -0.05) is 59.1 Å². The standard InChI is InChI=1S/C38H25Cl2F4N5O7/c39-20-7-5-18(6-8-20)37-26(34(52)48(36(37)54)46-32-27(40)13-19(16-45-32)38(42,43)44)15-25-23(31(37)17-4-11-29(50)28(41)12-17)9-10-24-30(25)35(53)47(33(24)51)21-2-1-3-22(14-21)49(55)56/h1-9,11-14,16,24-26,30-31,50H,10,15H2,(H,45,46). The van der Waals surface area contributed by atoms with Crippen LogP contribution in [0.25, 0.3) is 0 Å². The van der Waals surface area contributed by atoms with E-state index in [1.54, 1.807) is 6.08 Å². The molecule has 3 aromatic carbocycles. The zero-order chi connectivity index (χ0) is 40.0. The number of amides is 4. The van der Waals surface area contributed by atoms with Crippen LogP contribution in [0, 0.1) is 39.6 Å².